The maximum absolute atomic E-state index is 5.57. The van der Waals surface area contributed by atoms with Crippen LogP contribution in [0.2, 0.25) is 0 Å². The number of hydrogen-bond acceptors (Lipinski definition) is 2. The van der Waals surface area contributed by atoms with Crippen molar-refractivity contribution in [2.45, 2.75) is 52.1 Å². The Kier molecular flexibility index (Phi) is 3.13. The highest BCUT2D eigenvalue weighted by Gasteiger charge is 2.26. The van der Waals surface area contributed by atoms with Gasteiger partial charge in [-0.3, -0.25) is 0 Å². The van der Waals surface area contributed by atoms with E-state index in [1.165, 1.54) is 30.3 Å². The van der Waals surface area contributed by atoms with E-state index in [4.69, 9.17) is 12.2 Å². The molecule has 2 atom stereocenters. The minimum absolute atomic E-state index is 0.537. The molecular weight excluding hydrogens is 254 g/mol. The first-order chi connectivity index (χ1) is 9.09. The number of imidazole rings is 1. The number of fused-ring (bicyclic) bond motifs is 1. The Morgan fingerprint density at radius 2 is 1.89 bits per heavy atom. The van der Waals surface area contributed by atoms with Crippen LogP contribution in [0.25, 0.3) is 11.0 Å². The van der Waals surface area contributed by atoms with Crippen molar-refractivity contribution in [2.24, 2.45) is 0 Å². The number of rotatable bonds is 1. The molecule has 3 nitrogen and oxygen atoms in total. The van der Waals surface area contributed by atoms with E-state index in [0.717, 1.165) is 10.3 Å². The predicted octanol–water partition coefficient (Wildman–Crippen LogP) is 3.91. The molecule has 1 aromatic heterocycles. The van der Waals surface area contributed by atoms with Gasteiger partial charge in [0, 0.05) is 12.1 Å². The standard InChI is InChI=1S/C15H21N3S/c1-10-6-4-9-13-14(10)16-15(19)18(13)17-11(2)7-5-8-12(17)3/h4,6,9,11-12H,5,7-8H2,1-3H3,(H,16,19). The second kappa shape index (κ2) is 4.67. The molecule has 1 N–H and O–H groups in total. The monoisotopic (exact) mass is 275 g/mol. The average molecular weight is 275 g/mol. The number of H-pyrrole nitrogens is 1. The van der Waals surface area contributed by atoms with Crippen molar-refractivity contribution in [3.8, 4) is 0 Å². The number of aryl methyl sites for hydroxylation is 1. The number of para-hydroxylation sites is 1. The lowest BCUT2D eigenvalue weighted by molar-refractivity contribution is 0.339. The van der Waals surface area contributed by atoms with Crippen LogP contribution >= 0.6 is 12.2 Å². The van der Waals surface area contributed by atoms with Gasteiger partial charge in [-0.15, -0.1) is 0 Å². The molecule has 0 spiro atoms. The summed E-state index contributed by atoms with van der Waals surface area (Å²) in [6.07, 6.45) is 3.79. The van der Waals surface area contributed by atoms with Gasteiger partial charge in [0.15, 0.2) is 4.77 Å². The Hall–Kier alpha value is -1.29. The molecule has 0 radical (unpaired) electrons. The smallest absolute Gasteiger partial charge is 0.197 e. The van der Waals surface area contributed by atoms with E-state index in [-0.39, 0.29) is 0 Å². The lowest BCUT2D eigenvalue weighted by Gasteiger charge is -2.41. The van der Waals surface area contributed by atoms with Gasteiger partial charge in [0.1, 0.15) is 0 Å². The third-order valence-electron chi connectivity index (χ3n) is 4.28. The Bertz CT molecular complexity index is 645. The van der Waals surface area contributed by atoms with E-state index in [9.17, 15) is 0 Å². The van der Waals surface area contributed by atoms with Crippen molar-refractivity contribution < 1.29 is 0 Å². The molecule has 1 aliphatic heterocycles. The van der Waals surface area contributed by atoms with Crippen molar-refractivity contribution in [3.05, 3.63) is 28.5 Å². The molecule has 19 heavy (non-hydrogen) atoms. The zero-order chi connectivity index (χ0) is 13.6. The zero-order valence-electron chi connectivity index (χ0n) is 11.8. The van der Waals surface area contributed by atoms with Gasteiger partial charge in [0.25, 0.3) is 0 Å². The summed E-state index contributed by atoms with van der Waals surface area (Å²) < 4.78 is 3.02. The van der Waals surface area contributed by atoms with Crippen molar-refractivity contribution in [1.82, 2.24) is 9.66 Å². The second-order valence-electron chi connectivity index (χ2n) is 5.72. The highest BCUT2D eigenvalue weighted by molar-refractivity contribution is 7.71. The molecule has 1 fully saturated rings. The Morgan fingerprint density at radius 3 is 2.58 bits per heavy atom. The number of nitrogens with one attached hydrogen (secondary N) is 1. The molecule has 0 saturated carbocycles. The average Bonchev–Trinajstić information content (AvgIpc) is 2.68. The summed E-state index contributed by atoms with van der Waals surface area (Å²) in [5.74, 6) is 0. The molecular formula is C15H21N3S. The van der Waals surface area contributed by atoms with E-state index in [1.807, 2.05) is 0 Å². The van der Waals surface area contributed by atoms with Crippen LogP contribution in [0.5, 0.6) is 0 Å². The number of aromatic amines is 1. The highest BCUT2D eigenvalue weighted by Crippen LogP contribution is 2.25. The van der Waals surface area contributed by atoms with E-state index >= 15 is 0 Å². The fraction of sp³-hybridized carbons (Fsp3) is 0.533. The third-order valence-corrected chi connectivity index (χ3v) is 4.56. The van der Waals surface area contributed by atoms with Crippen LogP contribution in [0.1, 0.15) is 38.7 Å². The van der Waals surface area contributed by atoms with Crippen LogP contribution in [0, 0.1) is 11.7 Å². The predicted molar refractivity (Wildman–Crippen MR) is 82.9 cm³/mol. The highest BCUT2D eigenvalue weighted by atomic mass is 32.1. The molecule has 0 amide bonds. The molecule has 2 heterocycles. The molecule has 1 aliphatic rings. The maximum Gasteiger partial charge on any atom is 0.197 e. The maximum atomic E-state index is 5.57. The summed E-state index contributed by atoms with van der Waals surface area (Å²) in [5.41, 5.74) is 3.61. The summed E-state index contributed by atoms with van der Waals surface area (Å²) in [4.78, 5) is 3.37. The lowest BCUT2D eigenvalue weighted by atomic mass is 10.00. The van der Waals surface area contributed by atoms with Gasteiger partial charge in [0.05, 0.1) is 11.0 Å². The quantitative estimate of drug-likeness (QED) is 0.798. The van der Waals surface area contributed by atoms with Crippen LogP contribution in [0.4, 0.5) is 0 Å². The van der Waals surface area contributed by atoms with E-state index < -0.39 is 0 Å². The SMILES string of the molecule is Cc1cccc2c1[nH]c(=S)n2N1C(C)CCCC1C. The van der Waals surface area contributed by atoms with Gasteiger partial charge in [-0.25, -0.2) is 4.68 Å². The first-order valence-electron chi connectivity index (χ1n) is 7.08. The van der Waals surface area contributed by atoms with Gasteiger partial charge in [0.2, 0.25) is 0 Å². The molecule has 0 bridgehead atoms. The third kappa shape index (κ3) is 1.98. The van der Waals surface area contributed by atoms with Crippen LogP contribution in [0.3, 0.4) is 0 Å². The van der Waals surface area contributed by atoms with Gasteiger partial charge < -0.3 is 9.99 Å². The Morgan fingerprint density at radius 1 is 1.21 bits per heavy atom. The molecule has 4 heteroatoms. The molecule has 2 aromatic rings. The fourth-order valence-electron chi connectivity index (χ4n) is 3.29. The van der Waals surface area contributed by atoms with Crippen molar-refractivity contribution in [3.63, 3.8) is 0 Å². The fourth-order valence-corrected chi connectivity index (χ4v) is 3.59. The van der Waals surface area contributed by atoms with Gasteiger partial charge in [-0.1, -0.05) is 12.1 Å². The molecule has 3 rings (SSSR count). The first kappa shape index (κ1) is 12.7. The van der Waals surface area contributed by atoms with Gasteiger partial charge in [-0.05, 0) is 63.9 Å². The summed E-state index contributed by atoms with van der Waals surface area (Å²) in [6, 6.07) is 7.46. The molecule has 2 unspecified atom stereocenters. The second-order valence-corrected chi connectivity index (χ2v) is 6.11. The number of aromatic nitrogens is 2. The minimum atomic E-state index is 0.537. The van der Waals surface area contributed by atoms with E-state index in [1.54, 1.807) is 0 Å². The summed E-state index contributed by atoms with van der Waals surface area (Å²) >= 11 is 5.57. The van der Waals surface area contributed by atoms with Crippen molar-refractivity contribution in [1.29, 1.82) is 0 Å². The largest absolute Gasteiger partial charge is 0.329 e. The summed E-state index contributed by atoms with van der Waals surface area (Å²) in [5, 5.41) is 2.45. The van der Waals surface area contributed by atoms with Crippen LogP contribution < -0.4 is 5.01 Å². The Labute approximate surface area is 119 Å². The normalized spacial score (nSPS) is 24.1. The van der Waals surface area contributed by atoms with Crippen LogP contribution in [-0.4, -0.2) is 21.7 Å². The van der Waals surface area contributed by atoms with E-state index in [0.29, 0.717) is 12.1 Å². The number of hydrogen-bond donors (Lipinski definition) is 1. The minimum Gasteiger partial charge on any atom is -0.329 e. The lowest BCUT2D eigenvalue weighted by Crippen LogP contribution is -2.50. The Balaban J connectivity index is 2.22. The van der Waals surface area contributed by atoms with Crippen LogP contribution in [0.15, 0.2) is 18.2 Å². The molecule has 0 aliphatic carbocycles. The number of nitrogens with zero attached hydrogens (tertiary/aromatic N) is 2. The topological polar surface area (TPSA) is 24.0 Å². The van der Waals surface area contributed by atoms with Crippen molar-refractivity contribution in [2.75, 3.05) is 5.01 Å². The first-order valence-corrected chi connectivity index (χ1v) is 7.49. The van der Waals surface area contributed by atoms with Crippen molar-refractivity contribution >= 4 is 23.3 Å². The van der Waals surface area contributed by atoms with Crippen LogP contribution in [-0.2, 0) is 0 Å². The van der Waals surface area contributed by atoms with Gasteiger partial charge >= 0.3 is 0 Å². The summed E-state index contributed by atoms with van der Waals surface area (Å²) in [7, 11) is 0. The molecule has 1 aromatic carbocycles. The van der Waals surface area contributed by atoms with Gasteiger partial charge in [-0.2, -0.15) is 0 Å². The number of benzene rings is 1. The van der Waals surface area contributed by atoms with E-state index in [2.05, 4.69) is 53.6 Å². The molecule has 1 saturated heterocycles. The zero-order valence-corrected chi connectivity index (χ0v) is 12.6. The number of piperidine rings is 1. The molecule has 102 valence electrons. The summed E-state index contributed by atoms with van der Waals surface area (Å²) in [6.45, 7) is 6.72.